The van der Waals surface area contributed by atoms with Gasteiger partial charge in [0.15, 0.2) is 0 Å². The fourth-order valence-electron chi connectivity index (χ4n) is 20.6. The summed E-state index contributed by atoms with van der Waals surface area (Å²) >= 11 is 18.8. The van der Waals surface area contributed by atoms with Crippen LogP contribution in [0.4, 0.5) is 4.39 Å². The number of halogens is 3. The van der Waals surface area contributed by atoms with E-state index in [2.05, 4.69) is 303 Å². The molecule has 14 nitrogen and oxygen atoms in total. The Morgan fingerprint density at radius 1 is 0.383 bits per heavy atom. The van der Waals surface area contributed by atoms with Crippen molar-refractivity contribution in [2.45, 2.75) is 45.8 Å². The minimum atomic E-state index is -1.46. The number of alkyl halides is 1. The molecule has 29 rings (SSSR count). The number of amides is 2. The van der Waals surface area contributed by atoms with Crippen molar-refractivity contribution in [1.29, 1.82) is 0 Å². The Balaban J connectivity index is 0.000000106. The average molecular weight is 2150 g/mol. The van der Waals surface area contributed by atoms with Gasteiger partial charge in [-0.15, -0.1) is 56.7 Å². The Bertz CT molecular complexity index is 10400. The van der Waals surface area contributed by atoms with Gasteiger partial charge in [-0.25, -0.2) is 4.98 Å². The number of aliphatic carboxylic acids is 1. The summed E-state index contributed by atoms with van der Waals surface area (Å²) in [6.07, 6.45) is 0. The molecule has 720 valence electrons. The second-order valence-electron chi connectivity index (χ2n) is 36.9. The number of benzene rings is 20. The fourth-order valence-corrected chi connectivity index (χ4v) is 27.5. The molecule has 0 saturated carbocycles. The van der Waals surface area contributed by atoms with Gasteiger partial charge in [0.05, 0.1) is 47.4 Å². The number of aromatic amines is 1. The number of pyridine rings is 3. The first-order valence-electron chi connectivity index (χ1n) is 48.4. The number of thiophene rings is 5. The number of aromatic nitrogens is 3. The molecule has 20 aromatic carbocycles. The van der Waals surface area contributed by atoms with Crippen LogP contribution in [0.1, 0.15) is 56.7 Å². The summed E-state index contributed by atoms with van der Waals surface area (Å²) in [5.74, 6) is -1.90. The molecule has 1 fully saturated rings. The van der Waals surface area contributed by atoms with Crippen LogP contribution < -0.4 is 84.6 Å². The van der Waals surface area contributed by atoms with E-state index in [1.54, 1.807) is 46.9 Å². The Hall–Kier alpha value is -13.7. The maximum atomic E-state index is 12.8. The van der Waals surface area contributed by atoms with Crippen LogP contribution in [0.3, 0.4) is 0 Å². The number of hydrogen-bond donors (Lipinski definition) is 5. The molecule has 0 spiro atoms. The van der Waals surface area contributed by atoms with Crippen LogP contribution in [0.2, 0.25) is 5.15 Å². The normalized spacial score (nSPS) is 12.7. The van der Waals surface area contributed by atoms with Gasteiger partial charge in [0.25, 0.3) is 5.56 Å². The number of nitrogens with two attached hydrogens (primary N) is 2. The Labute approximate surface area is 930 Å². The van der Waals surface area contributed by atoms with Gasteiger partial charge in [0.1, 0.15) is 5.15 Å². The molecule has 2 amide bonds. The van der Waals surface area contributed by atoms with Crippen molar-refractivity contribution in [3.05, 3.63) is 407 Å². The number of H-pyrrole nitrogens is 1. The molecule has 1 saturated heterocycles. The molecule has 0 bridgehead atoms. The smallest absolute Gasteiger partial charge is 0.550 e. The molecule has 9 heterocycles. The molecule has 0 atom stereocenters. The van der Waals surface area contributed by atoms with E-state index in [1.165, 1.54) is 144 Å². The quantitative estimate of drug-likeness (QED) is 0.0616. The summed E-state index contributed by atoms with van der Waals surface area (Å²) in [6, 6.07) is 128. The minimum absolute atomic E-state index is 0. The topological polar surface area (TPSA) is 244 Å². The number of carbonyl (C=O) groups is 3. The molecule has 149 heavy (non-hydrogen) atoms. The van der Waals surface area contributed by atoms with Crippen LogP contribution in [0, 0.1) is 0 Å². The predicted octanol–water partition coefficient (Wildman–Crippen LogP) is 27.7. The standard InChI is InChI=1S/C29H24BNO2S.C23H12ClNS.C23H13NOS.C23H15NOS.C16H11BO2S.C7H6BrNO.C2H4O2.CH3F.K/c1-28(2)29(3,4)33-30(32-28)27-20-14-8-6-12-18(20)23-17-11-5-7-13-19(17)26-24(25(23)31-27)21-15-9-10-16-22(21)34-26;24-23-16-10-4-2-8-14(16)19-13-7-1-3-9-15(13)22-20(21(19)25-23)17-11-5-6-12-18(17)26-22;25-23-16-10-4-2-8-14(16)19-13-7-1-3-9-15(13)22-20(21(19)24-23)17-11-5-6-12-18(17)26-22;24-23(25)18-11-4-2-8-15(18)19-13-20-16-9-5-6-12-21(16)26-22(20)17-10-3-1-7-14(17)19;18-17(19)14-9-13-11-6-3-4-8-15(11)20-16(13)12-7-2-1-5-10(12)14;8-6-4-2-1-3-5(6)7(9)10;1-2(3)4;1-2;/h5-16H,1-4H3;1-12H;1-12H,(H,24,25);1-13H,(H2,24,25);1-9,18-19H;1-4H,(H2,9,10);1H3,(H,3,4);1H3;/q;;;;;;;;+1/p-1/i;;;;;;;1D;. The number of nitrogens with one attached hydrogen (secondary N) is 1. The zero-order valence-corrected chi connectivity index (χ0v) is 90.7. The number of fused-ring (bicyclic) bond motifs is 40. The summed E-state index contributed by atoms with van der Waals surface area (Å²) in [6.45, 7) is 9.34. The van der Waals surface area contributed by atoms with Crippen molar-refractivity contribution >= 4 is 347 Å². The van der Waals surface area contributed by atoms with Gasteiger partial charge < -0.3 is 45.7 Å². The van der Waals surface area contributed by atoms with E-state index in [4.69, 9.17) is 53.6 Å². The predicted molar refractivity (Wildman–Crippen MR) is 630 cm³/mol. The summed E-state index contributed by atoms with van der Waals surface area (Å²) in [5.41, 5.74) is 17.2. The zero-order valence-electron chi connectivity index (χ0n) is 82.1. The number of carboxylic acid groups (broad SMARTS) is 1. The molecule has 0 radical (unpaired) electrons. The molecule has 0 aliphatic carbocycles. The van der Waals surface area contributed by atoms with E-state index in [-0.39, 0.29) is 56.9 Å². The summed E-state index contributed by atoms with van der Waals surface area (Å²) in [4.78, 5) is 57.7. The van der Waals surface area contributed by atoms with Crippen molar-refractivity contribution in [1.82, 2.24) is 15.0 Å². The molecule has 7 N–H and O–H groups in total. The minimum Gasteiger partial charge on any atom is -0.550 e. The van der Waals surface area contributed by atoms with Gasteiger partial charge in [0.2, 0.25) is 11.8 Å². The molecule has 8 aromatic heterocycles. The second-order valence-corrected chi connectivity index (χ2v) is 43.3. The van der Waals surface area contributed by atoms with Crippen LogP contribution in [-0.4, -0.2) is 75.4 Å². The molecule has 1 aliphatic rings. The number of primary amides is 2. The van der Waals surface area contributed by atoms with Gasteiger partial charge in [-0.1, -0.05) is 327 Å². The Morgan fingerprint density at radius 2 is 0.685 bits per heavy atom. The SMILES string of the molecule is CC(=O)[O-].CC1(C)OB(c2nc3c(c4ccccc24)c2ccccc2c2sc4ccccc4c32)OC1(C)C.Clc1nc2c(c3ccccc13)c1ccccc1c1sc3ccccc3c21.NC(=O)c1ccccc1-c1cc2c3ccccc3sc2c2ccccc12.NC(=O)c1ccccc1Br.O=c1[nH]c2c(c3ccccc13)c1ccccc1c1sc3ccccc3c21.OB(O)c1cc2c3ccccc3sc2c2ccccc12.[2H]CF.[K+]. The van der Waals surface area contributed by atoms with Crippen molar-refractivity contribution in [3.63, 3.8) is 0 Å². The second kappa shape index (κ2) is 42.0. The van der Waals surface area contributed by atoms with Crippen molar-refractivity contribution in [3.8, 4) is 11.1 Å². The number of nitrogens with zero attached hydrogens (tertiary/aromatic N) is 2. The number of carbonyl (C=O) groups excluding carboxylic acids is 3. The van der Waals surface area contributed by atoms with Crippen LogP contribution >= 0.6 is 84.2 Å². The summed E-state index contributed by atoms with van der Waals surface area (Å²) in [7, 11) is -2.98. The van der Waals surface area contributed by atoms with E-state index in [1.807, 2.05) is 131 Å². The first kappa shape index (κ1) is 99.9. The number of hydrogen-bond acceptors (Lipinski definition) is 16. The molecule has 1 aliphatic heterocycles. The zero-order chi connectivity index (χ0) is 103. The van der Waals surface area contributed by atoms with Crippen LogP contribution in [-0.2, 0) is 14.1 Å². The molecular formula is C124H87B2BrClFKN5O9S5. The van der Waals surface area contributed by atoms with Gasteiger partial charge in [-0.05, 0) is 176 Å². The fraction of sp³-hybridized carbons (Fsp3) is 0.0645. The first-order chi connectivity index (χ1) is 72.4. The largest absolute Gasteiger partial charge is 1.00 e. The van der Waals surface area contributed by atoms with Crippen molar-refractivity contribution in [2.24, 2.45) is 11.5 Å². The Morgan fingerprint density at radius 3 is 1.13 bits per heavy atom. The van der Waals surface area contributed by atoms with Crippen LogP contribution in [0.25, 0.3) is 231 Å². The number of carboxylic acids is 1. The maximum absolute atomic E-state index is 12.8. The monoisotopic (exact) mass is 2140 g/mol. The first-order valence-corrected chi connectivity index (χ1v) is 53.0. The van der Waals surface area contributed by atoms with E-state index in [9.17, 15) is 28.8 Å². The molecular weight excluding hydrogens is 2060 g/mol. The van der Waals surface area contributed by atoms with Gasteiger partial charge in [-0.2, -0.15) is 0 Å². The van der Waals surface area contributed by atoms with Crippen LogP contribution in [0.15, 0.2) is 385 Å². The van der Waals surface area contributed by atoms with Gasteiger partial charge in [0, 0.05) is 171 Å². The Kier molecular flexibility index (Phi) is 28.2. The van der Waals surface area contributed by atoms with E-state index < -0.39 is 50.4 Å². The molecule has 25 heteroatoms. The summed E-state index contributed by atoms with van der Waals surface area (Å²) in [5, 5.41) is 62.3. The van der Waals surface area contributed by atoms with Crippen LogP contribution in [0.5, 0.6) is 0 Å². The average Bonchev–Trinajstić information content (AvgIpc) is 1.46. The van der Waals surface area contributed by atoms with Gasteiger partial charge >= 0.3 is 65.6 Å². The van der Waals surface area contributed by atoms with E-state index in [0.717, 1.165) is 104 Å². The van der Waals surface area contributed by atoms with E-state index >= 15 is 0 Å². The third-order valence-corrected chi connectivity index (χ3v) is 34.8. The third-order valence-electron chi connectivity index (χ3n) is 27.7. The maximum Gasteiger partial charge on any atom is 1.00 e. The van der Waals surface area contributed by atoms with E-state index in [0.29, 0.717) is 21.7 Å². The summed E-state index contributed by atoms with van der Waals surface area (Å²) < 4.78 is 41.8. The third kappa shape index (κ3) is 18.3. The number of rotatable bonds is 5. The van der Waals surface area contributed by atoms with Crippen molar-refractivity contribution < 1.29 is 96.0 Å². The van der Waals surface area contributed by atoms with Crippen molar-refractivity contribution in [2.75, 3.05) is 7.15 Å². The molecule has 0 unspecified atom stereocenters. The molecule has 28 aromatic rings. The van der Waals surface area contributed by atoms with Gasteiger partial charge in [-0.3, -0.25) is 23.8 Å².